The van der Waals surface area contributed by atoms with Gasteiger partial charge in [-0.1, -0.05) is 256 Å². The zero-order valence-electron chi connectivity index (χ0n) is 49.7. The number of hydrogen-bond acceptors (Lipinski definition) is 6. The third kappa shape index (κ3) is 62.0. The first kappa shape index (κ1) is 72.3. The van der Waals surface area contributed by atoms with Gasteiger partial charge < -0.3 is 14.2 Å². The van der Waals surface area contributed by atoms with Gasteiger partial charge in [-0.25, -0.2) is 0 Å². The summed E-state index contributed by atoms with van der Waals surface area (Å²) in [6.07, 6.45) is 91.3. The summed E-state index contributed by atoms with van der Waals surface area (Å²) >= 11 is 0. The molecule has 0 rings (SSSR count). The Kier molecular flexibility index (Phi) is 59.9. The molecule has 0 heterocycles. The largest absolute Gasteiger partial charge is 0.462 e. The molecule has 1 atom stereocenters. The van der Waals surface area contributed by atoms with E-state index in [0.29, 0.717) is 19.3 Å². The molecule has 0 bridgehead atoms. The quantitative estimate of drug-likeness (QED) is 0.0261. The van der Waals surface area contributed by atoms with E-state index in [9.17, 15) is 14.4 Å². The van der Waals surface area contributed by atoms with Crippen molar-refractivity contribution < 1.29 is 28.6 Å². The maximum Gasteiger partial charge on any atom is 0.306 e. The monoisotopic (exact) mass is 1060 g/mol. The summed E-state index contributed by atoms with van der Waals surface area (Å²) in [4.78, 5) is 38.3. The molecule has 6 nitrogen and oxygen atoms in total. The predicted molar refractivity (Wildman–Crippen MR) is 334 cm³/mol. The van der Waals surface area contributed by atoms with Crippen molar-refractivity contribution in [3.05, 3.63) is 146 Å². The lowest BCUT2D eigenvalue weighted by Gasteiger charge is -2.18. The van der Waals surface area contributed by atoms with Crippen LogP contribution in [0.4, 0.5) is 0 Å². The number of carbonyl (C=O) groups excluding carboxylic acids is 3. The minimum absolute atomic E-state index is 0.115. The minimum Gasteiger partial charge on any atom is -0.462 e. The third-order valence-corrected chi connectivity index (χ3v) is 12.8. The third-order valence-electron chi connectivity index (χ3n) is 12.8. The van der Waals surface area contributed by atoms with Crippen LogP contribution in [0.3, 0.4) is 0 Å². The first-order valence-electron chi connectivity index (χ1n) is 31.3. The van der Waals surface area contributed by atoms with Crippen LogP contribution in [-0.4, -0.2) is 37.2 Å². The van der Waals surface area contributed by atoms with Gasteiger partial charge in [0.05, 0.1) is 0 Å². The van der Waals surface area contributed by atoms with Gasteiger partial charge in [-0.2, -0.15) is 0 Å². The molecule has 0 saturated heterocycles. The molecule has 0 radical (unpaired) electrons. The number of unbranched alkanes of at least 4 members (excludes halogenated alkanes) is 20. The zero-order valence-corrected chi connectivity index (χ0v) is 49.7. The molecule has 0 aliphatic heterocycles. The molecule has 0 aromatic carbocycles. The highest BCUT2D eigenvalue weighted by molar-refractivity contribution is 5.71. The van der Waals surface area contributed by atoms with Crippen molar-refractivity contribution in [2.75, 3.05) is 13.2 Å². The fraction of sp³-hybridized carbons (Fsp3) is 0.620. The summed E-state index contributed by atoms with van der Waals surface area (Å²) in [6, 6.07) is 0. The van der Waals surface area contributed by atoms with Crippen LogP contribution in [0, 0.1) is 0 Å². The van der Waals surface area contributed by atoms with Crippen LogP contribution in [0.15, 0.2) is 146 Å². The standard InChI is InChI=1S/C71H114O6/c1-4-7-10-13-16-19-22-25-28-31-33-34-35-36-38-40-43-46-49-52-55-58-61-64-70(73)76-67-68(66-75-69(72)63-60-57-54-51-48-45-42-39-30-27-24-21-18-15-12-9-6-3)77-71(74)65-62-59-56-53-50-47-44-41-37-32-29-26-23-20-17-14-11-8-5-2/h7,9-10,12,16,18-19,21,25-30,33-34,36,38,42-43,45-46,51,54,68H,4-6,8,11,13-15,17,20,22-24,31-32,35,37,39-41,44,47-50,52-53,55-67H2,1-3H3/b10-7-,12-9-,19-16-,21-18-,28-25-,29-26-,30-27-,34-33-,38-36-,45-42-,46-43-,54-51-. The Morgan fingerprint density at radius 2 is 0.519 bits per heavy atom. The van der Waals surface area contributed by atoms with E-state index in [-0.39, 0.29) is 37.5 Å². The second kappa shape index (κ2) is 63.8. The first-order chi connectivity index (χ1) is 38.0. The molecule has 6 heteroatoms. The van der Waals surface area contributed by atoms with Gasteiger partial charge in [-0.3, -0.25) is 14.4 Å². The Balaban J connectivity index is 4.53. The summed E-state index contributed by atoms with van der Waals surface area (Å²) in [6.45, 7) is 6.34. The SMILES string of the molecule is CC/C=C\C/C=C\C/C=C\C/C=C\C/C=C\C/C=C\CCCCCCC(=O)OCC(COC(=O)CCC/C=C\C/C=C\C/C=C\C/C=C\C/C=C\CC)OC(=O)CCCCCCCCCCC/C=C\CCCCCCCC. The van der Waals surface area contributed by atoms with Crippen LogP contribution in [0.5, 0.6) is 0 Å². The van der Waals surface area contributed by atoms with E-state index in [0.717, 1.165) is 128 Å². The van der Waals surface area contributed by atoms with Crippen molar-refractivity contribution in [1.29, 1.82) is 0 Å². The molecule has 0 aliphatic carbocycles. The highest BCUT2D eigenvalue weighted by Crippen LogP contribution is 2.14. The highest BCUT2D eigenvalue weighted by atomic mass is 16.6. The van der Waals surface area contributed by atoms with E-state index in [1.54, 1.807) is 0 Å². The van der Waals surface area contributed by atoms with Crippen molar-refractivity contribution in [3.8, 4) is 0 Å². The number of hydrogen-bond donors (Lipinski definition) is 0. The minimum atomic E-state index is -0.821. The van der Waals surface area contributed by atoms with Gasteiger partial charge in [-0.15, -0.1) is 0 Å². The number of carbonyl (C=O) groups is 3. The second-order valence-electron chi connectivity index (χ2n) is 20.2. The van der Waals surface area contributed by atoms with Crippen LogP contribution < -0.4 is 0 Å². The van der Waals surface area contributed by atoms with E-state index >= 15 is 0 Å². The number of allylic oxidation sites excluding steroid dienone is 24. The topological polar surface area (TPSA) is 78.9 Å². The molecule has 0 saturated carbocycles. The molecule has 0 aromatic rings. The van der Waals surface area contributed by atoms with Crippen LogP contribution in [0.25, 0.3) is 0 Å². The number of esters is 3. The summed E-state index contributed by atoms with van der Waals surface area (Å²) < 4.78 is 16.9. The average molecular weight is 1060 g/mol. The maximum atomic E-state index is 12.9. The van der Waals surface area contributed by atoms with E-state index in [1.165, 1.54) is 89.9 Å². The normalized spacial score (nSPS) is 13.1. The fourth-order valence-electron chi connectivity index (χ4n) is 8.18. The first-order valence-corrected chi connectivity index (χ1v) is 31.3. The Morgan fingerprint density at radius 1 is 0.273 bits per heavy atom. The van der Waals surface area contributed by atoms with Gasteiger partial charge in [0.15, 0.2) is 6.10 Å². The lowest BCUT2D eigenvalue weighted by atomic mass is 10.1. The van der Waals surface area contributed by atoms with Crippen LogP contribution >= 0.6 is 0 Å². The van der Waals surface area contributed by atoms with Crippen LogP contribution in [-0.2, 0) is 28.6 Å². The summed E-state index contributed by atoms with van der Waals surface area (Å²) in [5.74, 6) is -1.00. The van der Waals surface area contributed by atoms with Gasteiger partial charge in [0, 0.05) is 19.3 Å². The molecule has 0 N–H and O–H groups in total. The maximum absolute atomic E-state index is 12.9. The molecule has 0 spiro atoms. The second-order valence-corrected chi connectivity index (χ2v) is 20.2. The Morgan fingerprint density at radius 3 is 0.857 bits per heavy atom. The molecule has 0 aliphatic rings. The average Bonchev–Trinajstić information content (AvgIpc) is 3.43. The van der Waals surface area contributed by atoms with Crippen LogP contribution in [0.2, 0.25) is 0 Å². The molecular formula is C71H114O6. The molecular weight excluding hydrogens is 949 g/mol. The zero-order chi connectivity index (χ0) is 55.7. The molecule has 77 heavy (non-hydrogen) atoms. The summed E-state index contributed by atoms with van der Waals surface area (Å²) in [5.41, 5.74) is 0. The van der Waals surface area contributed by atoms with Crippen molar-refractivity contribution in [1.82, 2.24) is 0 Å². The lowest BCUT2D eigenvalue weighted by molar-refractivity contribution is -0.167. The van der Waals surface area contributed by atoms with E-state index in [4.69, 9.17) is 14.2 Å². The van der Waals surface area contributed by atoms with Crippen LogP contribution in [0.1, 0.15) is 265 Å². The van der Waals surface area contributed by atoms with Crippen molar-refractivity contribution in [2.24, 2.45) is 0 Å². The van der Waals surface area contributed by atoms with Crippen molar-refractivity contribution in [2.45, 2.75) is 271 Å². The fourth-order valence-corrected chi connectivity index (χ4v) is 8.18. The Hall–Kier alpha value is -4.71. The van der Waals surface area contributed by atoms with Gasteiger partial charge >= 0.3 is 17.9 Å². The van der Waals surface area contributed by atoms with E-state index < -0.39 is 6.10 Å². The predicted octanol–water partition coefficient (Wildman–Crippen LogP) is 21.5. The summed E-state index contributed by atoms with van der Waals surface area (Å²) in [5, 5.41) is 0. The van der Waals surface area contributed by atoms with Gasteiger partial charge in [0.25, 0.3) is 0 Å². The van der Waals surface area contributed by atoms with Gasteiger partial charge in [0.2, 0.25) is 0 Å². The molecule has 434 valence electrons. The number of rotatable bonds is 55. The number of ether oxygens (including phenoxy) is 3. The Bertz CT molecular complexity index is 1700. The van der Waals surface area contributed by atoms with Gasteiger partial charge in [0.1, 0.15) is 13.2 Å². The van der Waals surface area contributed by atoms with Crippen molar-refractivity contribution in [3.63, 3.8) is 0 Å². The molecule has 0 fully saturated rings. The van der Waals surface area contributed by atoms with E-state index in [1.807, 2.05) is 0 Å². The Labute approximate surface area is 474 Å². The smallest absolute Gasteiger partial charge is 0.306 e. The molecule has 1 unspecified atom stereocenters. The van der Waals surface area contributed by atoms with Gasteiger partial charge in [-0.05, 0) is 135 Å². The van der Waals surface area contributed by atoms with Crippen molar-refractivity contribution >= 4 is 17.9 Å². The lowest BCUT2D eigenvalue weighted by Crippen LogP contribution is -2.30. The highest BCUT2D eigenvalue weighted by Gasteiger charge is 2.19. The summed E-state index contributed by atoms with van der Waals surface area (Å²) in [7, 11) is 0. The molecule has 0 aromatic heterocycles. The molecule has 0 amide bonds. The van der Waals surface area contributed by atoms with E-state index in [2.05, 4.69) is 167 Å².